The van der Waals surface area contributed by atoms with E-state index in [-0.39, 0.29) is 23.7 Å². The van der Waals surface area contributed by atoms with Crippen LogP contribution in [0.25, 0.3) is 17.1 Å². The molecule has 4 aromatic rings. The summed E-state index contributed by atoms with van der Waals surface area (Å²) in [5.41, 5.74) is 3.68. The Morgan fingerprint density at radius 1 is 0.850 bits per heavy atom. The Bertz CT molecular complexity index is 1830. The lowest BCUT2D eigenvalue weighted by atomic mass is 9.84. The molecule has 0 N–H and O–H groups in total. The predicted octanol–water partition coefficient (Wildman–Crippen LogP) is 3.96. The van der Waals surface area contributed by atoms with Crippen LogP contribution >= 0.6 is 0 Å². The van der Waals surface area contributed by atoms with E-state index in [1.165, 1.54) is 21.3 Å². The number of benzene rings is 3. The molecular weight excluding hydrogens is 516 g/mol. The van der Waals surface area contributed by atoms with Crippen molar-refractivity contribution in [1.29, 1.82) is 0 Å². The second-order valence-electron chi connectivity index (χ2n) is 9.60. The molecule has 0 unspecified atom stereocenters. The SMILES string of the molecule is COc1ccc(/C=C2\Oc3c(ccc4c3[C@@H](c3ccc5c(c3)n(C)c(=O)n5C)CC(=O)O4)C2=O)c(OC)c1OC. The standard InChI is InChI=1S/C30H26N2O8/c1-31-19-9-6-15(12-20(19)32(2)30(31)35)18-14-24(33)39-21-11-8-17-26(34)23(40-28(17)25(18)21)13-16-7-10-22(36-3)29(38-5)27(16)37-4/h6-13,18H,14H2,1-5H3/b23-13-/t18-/m1/s1. The van der Waals surface area contributed by atoms with E-state index in [0.29, 0.717) is 45.4 Å². The summed E-state index contributed by atoms with van der Waals surface area (Å²) >= 11 is 0. The summed E-state index contributed by atoms with van der Waals surface area (Å²) in [6, 6.07) is 12.3. The molecule has 40 heavy (non-hydrogen) atoms. The van der Waals surface area contributed by atoms with Gasteiger partial charge in [0.25, 0.3) is 0 Å². The molecule has 1 atom stereocenters. The number of hydrogen-bond acceptors (Lipinski definition) is 8. The molecule has 3 aromatic carbocycles. The van der Waals surface area contributed by atoms with Crippen LogP contribution in [0.4, 0.5) is 0 Å². The number of rotatable bonds is 5. The second-order valence-corrected chi connectivity index (χ2v) is 9.60. The Labute approximate surface area is 228 Å². The van der Waals surface area contributed by atoms with Crippen LogP contribution in [0.1, 0.15) is 39.4 Å². The average molecular weight is 543 g/mol. The molecule has 10 nitrogen and oxygen atoms in total. The molecule has 204 valence electrons. The first kappa shape index (κ1) is 25.3. The summed E-state index contributed by atoms with van der Waals surface area (Å²) in [4.78, 5) is 38.6. The van der Waals surface area contributed by atoms with Crippen molar-refractivity contribution in [3.05, 3.63) is 81.0 Å². The van der Waals surface area contributed by atoms with Crippen molar-refractivity contribution in [1.82, 2.24) is 9.13 Å². The topological polar surface area (TPSA) is 107 Å². The normalized spacial score (nSPS) is 16.9. The number of methoxy groups -OCH3 is 3. The van der Waals surface area contributed by atoms with Crippen molar-refractivity contribution in [3.63, 3.8) is 0 Å². The van der Waals surface area contributed by atoms with Gasteiger partial charge in [0.15, 0.2) is 17.3 Å². The van der Waals surface area contributed by atoms with Crippen molar-refractivity contribution in [2.24, 2.45) is 14.1 Å². The molecule has 3 heterocycles. The fourth-order valence-corrected chi connectivity index (χ4v) is 5.51. The van der Waals surface area contributed by atoms with Gasteiger partial charge in [-0.25, -0.2) is 4.79 Å². The zero-order valence-corrected chi connectivity index (χ0v) is 22.6. The lowest BCUT2D eigenvalue weighted by Crippen LogP contribution is -2.21. The van der Waals surface area contributed by atoms with Crippen LogP contribution in [0.5, 0.6) is 28.7 Å². The second kappa shape index (κ2) is 9.33. The van der Waals surface area contributed by atoms with Gasteiger partial charge in [-0.1, -0.05) is 6.07 Å². The summed E-state index contributed by atoms with van der Waals surface area (Å²) < 4.78 is 31.3. The van der Waals surface area contributed by atoms with E-state index in [4.69, 9.17) is 23.7 Å². The fourth-order valence-electron chi connectivity index (χ4n) is 5.51. The number of allylic oxidation sites excluding steroid dienone is 1. The molecule has 0 spiro atoms. The molecule has 6 rings (SSSR count). The summed E-state index contributed by atoms with van der Waals surface area (Å²) in [5, 5.41) is 0. The Balaban J connectivity index is 1.47. The molecular formula is C30H26N2O8. The van der Waals surface area contributed by atoms with E-state index < -0.39 is 11.9 Å². The van der Waals surface area contributed by atoms with Gasteiger partial charge in [-0.2, -0.15) is 0 Å². The fraction of sp³-hybridized carbons (Fsp3) is 0.233. The van der Waals surface area contributed by atoms with Gasteiger partial charge in [-0.15, -0.1) is 0 Å². The number of fused-ring (bicyclic) bond motifs is 4. The molecule has 0 saturated heterocycles. The lowest BCUT2D eigenvalue weighted by Gasteiger charge is -2.26. The number of imidazole rings is 1. The number of Topliss-reactive ketones (excluding diaryl/α,β-unsaturated/α-hetero) is 1. The Kier molecular flexibility index (Phi) is 5.90. The highest BCUT2D eigenvalue weighted by Gasteiger charge is 2.39. The van der Waals surface area contributed by atoms with E-state index in [1.54, 1.807) is 53.6 Å². The monoisotopic (exact) mass is 542 g/mol. The minimum atomic E-state index is -0.450. The van der Waals surface area contributed by atoms with Gasteiger partial charge in [-0.3, -0.25) is 18.7 Å². The molecule has 10 heteroatoms. The van der Waals surface area contributed by atoms with Crippen LogP contribution in [-0.2, 0) is 18.9 Å². The first-order chi connectivity index (χ1) is 19.3. The van der Waals surface area contributed by atoms with Crippen LogP contribution in [0, 0.1) is 0 Å². The number of carbonyl (C=O) groups is 2. The lowest BCUT2D eigenvalue weighted by molar-refractivity contribution is -0.135. The zero-order chi connectivity index (χ0) is 28.3. The number of aryl methyl sites for hydroxylation is 2. The maximum absolute atomic E-state index is 13.5. The van der Waals surface area contributed by atoms with Crippen molar-refractivity contribution in [2.75, 3.05) is 21.3 Å². The molecule has 0 radical (unpaired) electrons. The van der Waals surface area contributed by atoms with Crippen molar-refractivity contribution < 1.29 is 33.3 Å². The van der Waals surface area contributed by atoms with Crippen LogP contribution in [0.15, 0.2) is 53.0 Å². The van der Waals surface area contributed by atoms with Crippen molar-refractivity contribution in [2.45, 2.75) is 12.3 Å². The molecule has 2 aliphatic rings. The van der Waals surface area contributed by atoms with E-state index in [9.17, 15) is 14.4 Å². The average Bonchev–Trinajstić information content (AvgIpc) is 3.39. The van der Waals surface area contributed by atoms with E-state index in [0.717, 1.165) is 16.6 Å². The molecule has 0 saturated carbocycles. The van der Waals surface area contributed by atoms with Crippen LogP contribution in [0.3, 0.4) is 0 Å². The molecule has 1 aromatic heterocycles. The van der Waals surface area contributed by atoms with Crippen LogP contribution in [0.2, 0.25) is 0 Å². The van der Waals surface area contributed by atoms with Gasteiger partial charge in [0.1, 0.15) is 11.5 Å². The summed E-state index contributed by atoms with van der Waals surface area (Å²) in [6.07, 6.45) is 1.64. The minimum Gasteiger partial charge on any atom is -0.493 e. The Hall–Kier alpha value is -4.99. The Morgan fingerprint density at radius 2 is 1.60 bits per heavy atom. The van der Waals surface area contributed by atoms with Crippen LogP contribution < -0.4 is 29.4 Å². The van der Waals surface area contributed by atoms with E-state index in [1.807, 2.05) is 18.2 Å². The first-order valence-corrected chi connectivity index (χ1v) is 12.5. The van der Waals surface area contributed by atoms with Gasteiger partial charge in [0.2, 0.25) is 11.5 Å². The number of nitrogens with zero attached hydrogens (tertiary/aromatic N) is 2. The number of esters is 1. The van der Waals surface area contributed by atoms with Gasteiger partial charge >= 0.3 is 11.7 Å². The van der Waals surface area contributed by atoms with Gasteiger partial charge < -0.3 is 23.7 Å². The quantitative estimate of drug-likeness (QED) is 0.212. The summed E-state index contributed by atoms with van der Waals surface area (Å²) in [6.45, 7) is 0. The number of carbonyl (C=O) groups excluding carboxylic acids is 2. The molecule has 0 aliphatic carbocycles. The third-order valence-corrected chi connectivity index (χ3v) is 7.50. The highest BCUT2D eigenvalue weighted by atomic mass is 16.5. The number of ketones is 1. The largest absolute Gasteiger partial charge is 0.493 e. The van der Waals surface area contributed by atoms with Crippen molar-refractivity contribution >= 4 is 28.9 Å². The van der Waals surface area contributed by atoms with E-state index in [2.05, 4.69) is 0 Å². The van der Waals surface area contributed by atoms with Crippen LogP contribution in [-0.4, -0.2) is 42.2 Å². The maximum atomic E-state index is 13.5. The van der Waals surface area contributed by atoms with Gasteiger partial charge in [0, 0.05) is 31.1 Å². The smallest absolute Gasteiger partial charge is 0.328 e. The van der Waals surface area contributed by atoms with Crippen molar-refractivity contribution in [3.8, 4) is 28.7 Å². The van der Waals surface area contributed by atoms with Gasteiger partial charge in [-0.05, 0) is 48.0 Å². The molecule has 0 bridgehead atoms. The molecule has 0 fully saturated rings. The van der Waals surface area contributed by atoms with Gasteiger partial charge in [0.05, 0.1) is 44.3 Å². The zero-order valence-electron chi connectivity index (χ0n) is 22.6. The highest BCUT2D eigenvalue weighted by Crippen LogP contribution is 2.50. The first-order valence-electron chi connectivity index (χ1n) is 12.5. The maximum Gasteiger partial charge on any atom is 0.328 e. The minimum absolute atomic E-state index is 0.0514. The number of ether oxygens (including phenoxy) is 5. The number of aromatic nitrogens is 2. The third kappa shape index (κ3) is 3.67. The predicted molar refractivity (Wildman–Crippen MR) is 146 cm³/mol. The summed E-state index contributed by atoms with van der Waals surface area (Å²) in [5.74, 6) is 0.859. The highest BCUT2D eigenvalue weighted by molar-refractivity contribution is 6.15. The van der Waals surface area contributed by atoms with E-state index >= 15 is 0 Å². The Morgan fingerprint density at radius 3 is 2.33 bits per heavy atom. The number of hydrogen-bond donors (Lipinski definition) is 0. The third-order valence-electron chi connectivity index (χ3n) is 7.50. The molecule has 0 amide bonds. The summed E-state index contributed by atoms with van der Waals surface area (Å²) in [7, 11) is 7.95. The molecule has 2 aliphatic heterocycles.